The van der Waals surface area contributed by atoms with E-state index in [0.29, 0.717) is 22.4 Å². The van der Waals surface area contributed by atoms with Gasteiger partial charge in [-0.05, 0) is 56.2 Å². The number of amidine groups is 1. The van der Waals surface area contributed by atoms with E-state index < -0.39 is 10.0 Å². The molecule has 3 rings (SSSR count). The van der Waals surface area contributed by atoms with E-state index in [0.717, 1.165) is 5.56 Å². The summed E-state index contributed by atoms with van der Waals surface area (Å²) in [6.45, 7) is 5.42. The van der Waals surface area contributed by atoms with Crippen LogP contribution in [0.25, 0.3) is 0 Å². The molecule has 6 heteroatoms. The highest BCUT2D eigenvalue weighted by molar-refractivity contribution is 7.90. The van der Waals surface area contributed by atoms with Gasteiger partial charge in [0.15, 0.2) is 11.6 Å². The van der Waals surface area contributed by atoms with Crippen LogP contribution in [0.5, 0.6) is 0 Å². The number of carbonyl (C=O) groups excluding carboxylic acids is 1. The quantitative estimate of drug-likeness (QED) is 0.449. The van der Waals surface area contributed by atoms with Gasteiger partial charge in [-0.15, -0.1) is 4.40 Å². The summed E-state index contributed by atoms with van der Waals surface area (Å²) < 4.78 is 29.7. The van der Waals surface area contributed by atoms with Crippen molar-refractivity contribution in [3.05, 3.63) is 89.0 Å². The van der Waals surface area contributed by atoms with Crippen LogP contribution in [-0.4, -0.2) is 25.7 Å². The normalized spacial score (nSPS) is 15.2. The molecular weight excluding hydrogens is 372 g/mol. The van der Waals surface area contributed by atoms with Crippen LogP contribution in [0.2, 0.25) is 0 Å². The van der Waals surface area contributed by atoms with E-state index in [1.54, 1.807) is 50.2 Å². The van der Waals surface area contributed by atoms with Crippen molar-refractivity contribution >= 4 is 27.4 Å². The maximum Gasteiger partial charge on any atom is 0.284 e. The predicted molar refractivity (Wildman–Crippen MR) is 111 cm³/mol. The van der Waals surface area contributed by atoms with Crippen LogP contribution < -0.4 is 0 Å². The second-order valence-electron chi connectivity index (χ2n) is 6.59. The Morgan fingerprint density at radius 1 is 0.821 bits per heavy atom. The van der Waals surface area contributed by atoms with Crippen molar-refractivity contribution in [3.63, 3.8) is 0 Å². The monoisotopic (exact) mass is 392 g/mol. The van der Waals surface area contributed by atoms with Crippen LogP contribution in [0.3, 0.4) is 0 Å². The minimum absolute atomic E-state index is 0.0750. The molecular formula is C22H20N2O3S. The Morgan fingerprint density at radius 2 is 1.39 bits per heavy atom. The van der Waals surface area contributed by atoms with Crippen molar-refractivity contribution in [1.82, 2.24) is 0 Å². The van der Waals surface area contributed by atoms with Gasteiger partial charge in [-0.2, -0.15) is 8.42 Å². The van der Waals surface area contributed by atoms with E-state index >= 15 is 0 Å². The number of sulfonamides is 1. The SMILES string of the molecule is CC1=CC(=O)C=C(C)C1=N/C(=N/S(=O)(=O)c1ccc(C)cc1)c1ccccc1. The van der Waals surface area contributed by atoms with E-state index in [-0.39, 0.29) is 16.5 Å². The highest BCUT2D eigenvalue weighted by Gasteiger charge is 2.18. The lowest BCUT2D eigenvalue weighted by Crippen LogP contribution is -2.14. The minimum Gasteiger partial charge on any atom is -0.290 e. The standard InChI is InChI=1S/C22H20N2O3S/c1-15-9-11-20(12-10-15)28(26,27)24-22(18-7-5-4-6-8-18)23-21-16(2)13-19(25)14-17(21)3/h4-14H,1-3H3/b24-22+. The van der Waals surface area contributed by atoms with Gasteiger partial charge in [-0.1, -0.05) is 48.0 Å². The average molecular weight is 392 g/mol. The molecule has 2 aromatic rings. The number of nitrogens with zero attached hydrogens (tertiary/aromatic N) is 2. The molecule has 28 heavy (non-hydrogen) atoms. The molecule has 0 fully saturated rings. The number of benzene rings is 2. The Labute approximate surface area is 164 Å². The van der Waals surface area contributed by atoms with Crippen molar-refractivity contribution < 1.29 is 13.2 Å². The fourth-order valence-corrected chi connectivity index (χ4v) is 3.76. The third-order valence-corrected chi connectivity index (χ3v) is 5.52. The van der Waals surface area contributed by atoms with Crippen molar-refractivity contribution in [2.24, 2.45) is 9.39 Å². The Kier molecular flexibility index (Phi) is 5.51. The van der Waals surface area contributed by atoms with Crippen LogP contribution in [0.4, 0.5) is 0 Å². The van der Waals surface area contributed by atoms with Crippen molar-refractivity contribution in [1.29, 1.82) is 0 Å². The van der Waals surface area contributed by atoms with Crippen molar-refractivity contribution in [2.75, 3.05) is 0 Å². The topological polar surface area (TPSA) is 75.9 Å². The van der Waals surface area contributed by atoms with Crippen LogP contribution in [0.15, 0.2) is 92.2 Å². The molecule has 1 aliphatic carbocycles. The minimum atomic E-state index is -3.95. The number of rotatable bonds is 3. The molecule has 1 aliphatic rings. The van der Waals surface area contributed by atoms with E-state index in [1.807, 2.05) is 13.0 Å². The highest BCUT2D eigenvalue weighted by atomic mass is 32.2. The molecule has 0 atom stereocenters. The lowest BCUT2D eigenvalue weighted by atomic mass is 9.97. The lowest BCUT2D eigenvalue weighted by molar-refractivity contribution is -0.110. The first-order valence-electron chi connectivity index (χ1n) is 8.73. The van der Waals surface area contributed by atoms with E-state index in [1.165, 1.54) is 24.3 Å². The molecule has 0 amide bonds. The largest absolute Gasteiger partial charge is 0.290 e. The average Bonchev–Trinajstić information content (AvgIpc) is 2.64. The maximum atomic E-state index is 12.8. The van der Waals surface area contributed by atoms with Gasteiger partial charge in [0.1, 0.15) is 0 Å². The highest BCUT2D eigenvalue weighted by Crippen LogP contribution is 2.19. The van der Waals surface area contributed by atoms with Crippen molar-refractivity contribution in [3.8, 4) is 0 Å². The molecule has 0 N–H and O–H groups in total. The molecule has 0 aromatic heterocycles. The Hall–Kier alpha value is -3.12. The fraction of sp³-hybridized carbons (Fsp3) is 0.136. The summed E-state index contributed by atoms with van der Waals surface area (Å²) in [7, 11) is -3.95. The molecule has 0 saturated carbocycles. The maximum absolute atomic E-state index is 12.8. The molecule has 0 heterocycles. The van der Waals surface area contributed by atoms with Crippen LogP contribution in [-0.2, 0) is 14.8 Å². The van der Waals surface area contributed by atoms with Gasteiger partial charge in [0.05, 0.1) is 10.6 Å². The van der Waals surface area contributed by atoms with Gasteiger partial charge in [-0.3, -0.25) is 4.79 Å². The zero-order valence-corrected chi connectivity index (χ0v) is 16.7. The van der Waals surface area contributed by atoms with Gasteiger partial charge in [-0.25, -0.2) is 4.99 Å². The first-order valence-corrected chi connectivity index (χ1v) is 10.2. The Bertz CT molecular complexity index is 1110. The Morgan fingerprint density at radius 3 is 1.96 bits per heavy atom. The van der Waals surface area contributed by atoms with Crippen LogP contribution in [0.1, 0.15) is 25.0 Å². The summed E-state index contributed by atoms with van der Waals surface area (Å²) in [5, 5.41) is 0. The molecule has 0 saturated heterocycles. The summed E-state index contributed by atoms with van der Waals surface area (Å²) >= 11 is 0. The molecule has 0 unspecified atom stereocenters. The summed E-state index contributed by atoms with van der Waals surface area (Å²) in [6.07, 6.45) is 2.95. The zero-order chi connectivity index (χ0) is 20.3. The molecule has 0 spiro atoms. The summed E-state index contributed by atoms with van der Waals surface area (Å²) in [5.74, 6) is -0.0366. The van der Waals surface area contributed by atoms with Crippen LogP contribution in [0, 0.1) is 6.92 Å². The van der Waals surface area contributed by atoms with E-state index in [2.05, 4.69) is 9.39 Å². The molecule has 2 aromatic carbocycles. The fourth-order valence-electron chi connectivity index (χ4n) is 2.80. The van der Waals surface area contributed by atoms with Gasteiger partial charge in [0.2, 0.25) is 0 Å². The summed E-state index contributed by atoms with van der Waals surface area (Å²) in [6, 6.07) is 15.4. The number of hydrogen-bond donors (Lipinski definition) is 0. The van der Waals surface area contributed by atoms with Gasteiger partial charge >= 0.3 is 0 Å². The van der Waals surface area contributed by atoms with E-state index in [9.17, 15) is 13.2 Å². The number of carbonyl (C=O) groups is 1. The summed E-state index contributed by atoms with van der Waals surface area (Å²) in [5.41, 5.74) is 3.41. The van der Waals surface area contributed by atoms with Gasteiger partial charge in [0, 0.05) is 5.56 Å². The number of ketones is 1. The molecule has 142 valence electrons. The number of aliphatic imine (C=N–C) groups is 1. The second kappa shape index (κ2) is 7.86. The first-order chi connectivity index (χ1) is 13.3. The molecule has 0 radical (unpaired) electrons. The van der Waals surface area contributed by atoms with Gasteiger partial charge in [0.25, 0.3) is 10.0 Å². The lowest BCUT2D eigenvalue weighted by Gasteiger charge is -2.12. The molecule has 5 nitrogen and oxygen atoms in total. The summed E-state index contributed by atoms with van der Waals surface area (Å²) in [4.78, 5) is 16.3. The Balaban J connectivity index is 2.16. The predicted octanol–water partition coefficient (Wildman–Crippen LogP) is 4.05. The third kappa shape index (κ3) is 4.40. The molecule has 0 bridgehead atoms. The van der Waals surface area contributed by atoms with E-state index in [4.69, 9.17) is 0 Å². The zero-order valence-electron chi connectivity index (χ0n) is 15.9. The smallest absolute Gasteiger partial charge is 0.284 e. The molecule has 0 aliphatic heterocycles. The number of aryl methyl sites for hydroxylation is 1. The first kappa shape index (κ1) is 19.6. The second-order valence-corrected chi connectivity index (χ2v) is 8.19. The van der Waals surface area contributed by atoms with Crippen LogP contribution >= 0.6 is 0 Å². The van der Waals surface area contributed by atoms with Crippen molar-refractivity contribution in [2.45, 2.75) is 25.7 Å². The third-order valence-electron chi connectivity index (χ3n) is 4.24. The number of hydrogen-bond acceptors (Lipinski definition) is 3. The van der Waals surface area contributed by atoms with Gasteiger partial charge < -0.3 is 0 Å². The number of allylic oxidation sites excluding steroid dienone is 4.